The fraction of sp³-hybridized carbons (Fsp3) is 0.250. The molecule has 1 aliphatic heterocycles. The second kappa shape index (κ2) is 16.2. The Morgan fingerprint density at radius 2 is 1.56 bits per heavy atom. The highest BCUT2D eigenvalue weighted by atomic mass is 32.2. The SMILES string of the molecule is CCCCCOc1ccc(C2/C(=C(\O)c3ccc(OCc4ccccc4C)cc3)C(=O)C(=O)N2c2nnc(SCc3ccc(C)cc3)s2)cc1. The molecule has 0 radical (unpaired) electrons. The maximum Gasteiger partial charge on any atom is 0.301 e. The maximum absolute atomic E-state index is 13.8. The van der Waals surface area contributed by atoms with Crippen molar-refractivity contribution < 1.29 is 24.2 Å². The van der Waals surface area contributed by atoms with E-state index >= 15 is 0 Å². The maximum atomic E-state index is 13.8. The molecule has 1 atom stereocenters. The average Bonchev–Trinajstić information content (AvgIpc) is 3.71. The van der Waals surface area contributed by atoms with Gasteiger partial charge in [-0.3, -0.25) is 14.5 Å². The molecule has 1 fully saturated rings. The number of anilines is 1. The van der Waals surface area contributed by atoms with Crippen LogP contribution in [0.1, 0.15) is 65.6 Å². The van der Waals surface area contributed by atoms with Crippen molar-refractivity contribution >= 4 is 45.7 Å². The summed E-state index contributed by atoms with van der Waals surface area (Å²) in [5.74, 6) is 0.133. The number of hydrogen-bond acceptors (Lipinski definition) is 9. The zero-order valence-electron chi connectivity index (χ0n) is 28.3. The normalized spacial score (nSPS) is 15.4. The van der Waals surface area contributed by atoms with Gasteiger partial charge in [0.05, 0.1) is 18.2 Å². The fourth-order valence-corrected chi connectivity index (χ4v) is 7.44. The topological polar surface area (TPSA) is 102 Å². The number of carbonyl (C=O) groups is 2. The molecule has 0 saturated carbocycles. The number of unbranched alkanes of at least 4 members (excludes halogenated alkanes) is 2. The molecule has 8 nitrogen and oxygen atoms in total. The van der Waals surface area contributed by atoms with E-state index in [0.717, 1.165) is 36.0 Å². The highest BCUT2D eigenvalue weighted by Gasteiger charge is 2.48. The molecule has 2 heterocycles. The summed E-state index contributed by atoms with van der Waals surface area (Å²) in [5, 5.41) is 20.6. The first-order chi connectivity index (χ1) is 24.3. The first-order valence-electron chi connectivity index (χ1n) is 16.7. The van der Waals surface area contributed by atoms with Gasteiger partial charge >= 0.3 is 5.91 Å². The number of Topliss-reactive ketones (excluding diaryl/α,β-unsaturated/α-hetero) is 1. The van der Waals surface area contributed by atoms with Crippen LogP contribution >= 0.6 is 23.1 Å². The van der Waals surface area contributed by atoms with Gasteiger partial charge in [0.15, 0.2) is 4.34 Å². The Labute approximate surface area is 300 Å². The molecule has 256 valence electrons. The minimum absolute atomic E-state index is 0.0238. The summed E-state index contributed by atoms with van der Waals surface area (Å²) in [6.07, 6.45) is 3.14. The average molecular weight is 706 g/mol. The van der Waals surface area contributed by atoms with Gasteiger partial charge in [0.1, 0.15) is 23.9 Å². The van der Waals surface area contributed by atoms with Gasteiger partial charge < -0.3 is 14.6 Å². The van der Waals surface area contributed by atoms with Crippen molar-refractivity contribution in [3.05, 3.63) is 136 Å². The summed E-state index contributed by atoms with van der Waals surface area (Å²) in [6.45, 7) is 7.22. The monoisotopic (exact) mass is 705 g/mol. The van der Waals surface area contributed by atoms with Gasteiger partial charge in [-0.15, -0.1) is 10.2 Å². The van der Waals surface area contributed by atoms with Crippen LogP contribution in [0.5, 0.6) is 11.5 Å². The van der Waals surface area contributed by atoms with Gasteiger partial charge in [-0.2, -0.15) is 0 Å². The van der Waals surface area contributed by atoms with E-state index < -0.39 is 17.7 Å². The Hall–Kier alpha value is -4.93. The van der Waals surface area contributed by atoms with E-state index in [1.54, 1.807) is 24.3 Å². The van der Waals surface area contributed by atoms with Crippen LogP contribution in [0.4, 0.5) is 5.13 Å². The molecule has 6 rings (SSSR count). The first-order valence-corrected chi connectivity index (χ1v) is 18.5. The summed E-state index contributed by atoms with van der Waals surface area (Å²) in [5.41, 5.74) is 5.53. The number of aryl methyl sites for hydroxylation is 2. The second-order valence-electron chi connectivity index (χ2n) is 12.2. The van der Waals surface area contributed by atoms with Crippen molar-refractivity contribution in [2.75, 3.05) is 11.5 Å². The van der Waals surface area contributed by atoms with Crippen molar-refractivity contribution in [3.8, 4) is 11.5 Å². The number of benzene rings is 4. The molecule has 0 bridgehead atoms. The standard InChI is InChI=1S/C40H39N3O5S2/c1-4-5-8-23-47-32-19-15-29(16-20-32)35-34(36(44)30-17-21-33(22-18-30)48-24-31-10-7-6-9-27(31)3)37(45)38(46)43(35)39-41-42-40(50-39)49-25-28-13-11-26(2)12-14-28/h6-7,9-22,35,44H,4-5,8,23-25H2,1-3H3/b36-34+. The number of ketones is 1. The number of aliphatic hydroxyl groups excluding tert-OH is 1. The van der Waals surface area contributed by atoms with E-state index in [1.807, 2.05) is 62.4 Å². The minimum atomic E-state index is -0.927. The minimum Gasteiger partial charge on any atom is -0.507 e. The van der Waals surface area contributed by atoms with Crippen molar-refractivity contribution in [2.45, 2.75) is 62.8 Å². The number of aromatic nitrogens is 2. The smallest absolute Gasteiger partial charge is 0.301 e. The van der Waals surface area contributed by atoms with Gasteiger partial charge in [-0.1, -0.05) is 109 Å². The Kier molecular flexibility index (Phi) is 11.3. The molecule has 5 aromatic rings. The van der Waals surface area contributed by atoms with E-state index in [2.05, 4.69) is 41.4 Å². The molecule has 1 saturated heterocycles. The third-order valence-corrected chi connectivity index (χ3v) is 10.7. The van der Waals surface area contributed by atoms with Crippen molar-refractivity contribution in [3.63, 3.8) is 0 Å². The van der Waals surface area contributed by atoms with Gasteiger partial charge in [-0.25, -0.2) is 0 Å². The molecule has 0 aliphatic carbocycles. The van der Waals surface area contributed by atoms with Crippen LogP contribution in [0, 0.1) is 13.8 Å². The highest BCUT2D eigenvalue weighted by Crippen LogP contribution is 2.44. The number of aliphatic hydroxyl groups is 1. The van der Waals surface area contributed by atoms with Crippen molar-refractivity contribution in [2.24, 2.45) is 0 Å². The van der Waals surface area contributed by atoms with Gasteiger partial charge in [0.25, 0.3) is 5.78 Å². The molecule has 10 heteroatoms. The van der Waals surface area contributed by atoms with Crippen LogP contribution in [0.3, 0.4) is 0 Å². The summed E-state index contributed by atoms with van der Waals surface area (Å²) in [7, 11) is 0. The van der Waals surface area contributed by atoms with E-state index in [0.29, 0.717) is 45.9 Å². The predicted molar refractivity (Wildman–Crippen MR) is 199 cm³/mol. The molecule has 1 N–H and O–H groups in total. The first kappa shape index (κ1) is 34.9. The number of nitrogens with zero attached hydrogens (tertiary/aromatic N) is 3. The van der Waals surface area contributed by atoms with Crippen LogP contribution in [-0.2, 0) is 21.9 Å². The molecule has 0 spiro atoms. The van der Waals surface area contributed by atoms with E-state index in [4.69, 9.17) is 9.47 Å². The summed E-state index contributed by atoms with van der Waals surface area (Å²) in [4.78, 5) is 28.8. The van der Waals surface area contributed by atoms with Crippen LogP contribution < -0.4 is 14.4 Å². The van der Waals surface area contributed by atoms with E-state index in [1.165, 1.54) is 33.6 Å². The van der Waals surface area contributed by atoms with Crippen molar-refractivity contribution in [1.82, 2.24) is 10.2 Å². The number of ether oxygens (including phenoxy) is 2. The molecular formula is C40H39N3O5S2. The fourth-order valence-electron chi connectivity index (χ4n) is 5.62. The summed E-state index contributed by atoms with van der Waals surface area (Å²) >= 11 is 2.75. The lowest BCUT2D eigenvalue weighted by Gasteiger charge is -2.22. The number of rotatable bonds is 14. The van der Waals surface area contributed by atoms with Crippen LogP contribution in [-0.4, -0.2) is 33.6 Å². The number of thioether (sulfide) groups is 1. The zero-order chi connectivity index (χ0) is 35.0. The zero-order valence-corrected chi connectivity index (χ0v) is 29.9. The summed E-state index contributed by atoms with van der Waals surface area (Å²) in [6, 6.07) is 29.5. The highest BCUT2D eigenvalue weighted by molar-refractivity contribution is 8.00. The number of carbonyl (C=O) groups excluding carboxylic acids is 2. The van der Waals surface area contributed by atoms with E-state index in [-0.39, 0.29) is 16.5 Å². The van der Waals surface area contributed by atoms with Gasteiger partial charge in [0, 0.05) is 11.3 Å². The molecular weight excluding hydrogens is 667 g/mol. The lowest BCUT2D eigenvalue weighted by Crippen LogP contribution is -2.29. The molecule has 1 aliphatic rings. The van der Waals surface area contributed by atoms with Crippen LogP contribution in [0.15, 0.2) is 107 Å². The lowest BCUT2D eigenvalue weighted by molar-refractivity contribution is -0.132. The largest absolute Gasteiger partial charge is 0.507 e. The molecule has 1 amide bonds. The Balaban J connectivity index is 1.29. The van der Waals surface area contributed by atoms with Crippen LogP contribution in [0.2, 0.25) is 0 Å². The lowest BCUT2D eigenvalue weighted by atomic mass is 9.95. The molecule has 1 aromatic heterocycles. The Morgan fingerprint density at radius 3 is 2.28 bits per heavy atom. The molecule has 50 heavy (non-hydrogen) atoms. The van der Waals surface area contributed by atoms with Gasteiger partial charge in [0.2, 0.25) is 5.13 Å². The molecule has 4 aromatic carbocycles. The van der Waals surface area contributed by atoms with Crippen molar-refractivity contribution in [1.29, 1.82) is 0 Å². The van der Waals surface area contributed by atoms with Crippen LogP contribution in [0.25, 0.3) is 5.76 Å². The second-order valence-corrected chi connectivity index (χ2v) is 14.3. The third kappa shape index (κ3) is 8.09. The quantitative estimate of drug-likeness (QED) is 0.0305. The molecule has 1 unspecified atom stereocenters. The third-order valence-electron chi connectivity index (χ3n) is 8.53. The summed E-state index contributed by atoms with van der Waals surface area (Å²) < 4.78 is 12.6. The number of hydrogen-bond donors (Lipinski definition) is 1. The van der Waals surface area contributed by atoms with E-state index in [9.17, 15) is 14.7 Å². The Morgan fingerprint density at radius 1 is 0.860 bits per heavy atom. The predicted octanol–water partition coefficient (Wildman–Crippen LogP) is 9.22. The van der Waals surface area contributed by atoms with Gasteiger partial charge in [-0.05, 0) is 78.9 Å². The number of amides is 1. The Bertz CT molecular complexity index is 1970.